The number of benzene rings is 2. The van der Waals surface area contributed by atoms with Crippen LogP contribution in [0.2, 0.25) is 0 Å². The molecule has 6 heteroatoms. The van der Waals surface area contributed by atoms with Crippen LogP contribution in [0.25, 0.3) is 10.9 Å². The highest BCUT2D eigenvalue weighted by molar-refractivity contribution is 9.10. The zero-order valence-electron chi connectivity index (χ0n) is 12.2. The normalized spacial score (nSPS) is 10.5. The third-order valence-electron chi connectivity index (χ3n) is 3.40. The Balaban J connectivity index is 1.98. The number of hydrogen-bond acceptors (Lipinski definition) is 3. The van der Waals surface area contributed by atoms with Gasteiger partial charge in [-0.2, -0.15) is 0 Å². The summed E-state index contributed by atoms with van der Waals surface area (Å²) in [7, 11) is 1.58. The topological polar surface area (TPSA) is 71.2 Å². The second kappa shape index (κ2) is 6.26. The number of pyridine rings is 1. The Morgan fingerprint density at radius 1 is 1.13 bits per heavy atom. The van der Waals surface area contributed by atoms with Crippen LogP contribution in [0.15, 0.2) is 57.8 Å². The van der Waals surface area contributed by atoms with Crippen LogP contribution >= 0.6 is 15.9 Å². The Bertz CT molecular complexity index is 933. The van der Waals surface area contributed by atoms with Gasteiger partial charge in [-0.25, -0.2) is 0 Å². The van der Waals surface area contributed by atoms with Crippen LogP contribution < -0.4 is 15.6 Å². The van der Waals surface area contributed by atoms with Crippen molar-refractivity contribution in [3.05, 3.63) is 68.9 Å². The standard InChI is InChI=1S/C17H13BrN2O3/c1-23-12-5-3-11(4-6-12)19-17(22)14-9-16(21)20-15-8-10(18)2-7-13(14)15/h2-9H,1H3,(H,19,22)(H,20,21). The highest BCUT2D eigenvalue weighted by Gasteiger charge is 2.12. The van der Waals surface area contributed by atoms with Gasteiger partial charge in [0.15, 0.2) is 0 Å². The Labute approximate surface area is 140 Å². The number of hydrogen-bond donors (Lipinski definition) is 2. The molecule has 1 aromatic heterocycles. The zero-order chi connectivity index (χ0) is 16.4. The first-order valence-electron chi connectivity index (χ1n) is 6.85. The molecule has 0 saturated heterocycles. The van der Waals surface area contributed by atoms with Gasteiger partial charge in [-0.15, -0.1) is 0 Å². The second-order valence-electron chi connectivity index (χ2n) is 4.92. The van der Waals surface area contributed by atoms with Gasteiger partial charge in [-0.1, -0.05) is 22.0 Å². The largest absolute Gasteiger partial charge is 0.497 e. The van der Waals surface area contributed by atoms with Crippen molar-refractivity contribution in [2.45, 2.75) is 0 Å². The third-order valence-corrected chi connectivity index (χ3v) is 3.89. The number of halogens is 1. The van der Waals surface area contributed by atoms with Gasteiger partial charge in [0, 0.05) is 21.6 Å². The number of fused-ring (bicyclic) bond motifs is 1. The Hall–Kier alpha value is -2.60. The van der Waals surface area contributed by atoms with E-state index in [2.05, 4.69) is 26.2 Å². The molecule has 0 saturated carbocycles. The number of carbonyl (C=O) groups excluding carboxylic acids is 1. The van der Waals surface area contributed by atoms with Gasteiger partial charge >= 0.3 is 0 Å². The van der Waals surface area contributed by atoms with E-state index in [9.17, 15) is 9.59 Å². The minimum absolute atomic E-state index is 0.324. The quantitative estimate of drug-likeness (QED) is 0.738. The predicted molar refractivity (Wildman–Crippen MR) is 93.2 cm³/mol. The van der Waals surface area contributed by atoms with Gasteiger partial charge in [-0.05, 0) is 36.4 Å². The molecule has 0 bridgehead atoms. The van der Waals surface area contributed by atoms with Crippen molar-refractivity contribution in [1.29, 1.82) is 0 Å². The maximum absolute atomic E-state index is 12.5. The van der Waals surface area contributed by atoms with E-state index in [0.29, 0.717) is 27.9 Å². The molecule has 1 heterocycles. The van der Waals surface area contributed by atoms with E-state index in [1.165, 1.54) is 6.07 Å². The summed E-state index contributed by atoms with van der Waals surface area (Å²) in [6.45, 7) is 0. The molecule has 0 fully saturated rings. The number of rotatable bonds is 3. The Morgan fingerprint density at radius 2 is 1.87 bits per heavy atom. The molecule has 2 aromatic carbocycles. The number of carbonyl (C=O) groups is 1. The Kier molecular flexibility index (Phi) is 4.16. The van der Waals surface area contributed by atoms with Crippen LogP contribution in [0, 0.1) is 0 Å². The van der Waals surface area contributed by atoms with Gasteiger partial charge in [0.25, 0.3) is 5.91 Å². The monoisotopic (exact) mass is 372 g/mol. The SMILES string of the molecule is COc1ccc(NC(=O)c2cc(=O)[nH]c3cc(Br)ccc23)cc1. The van der Waals surface area contributed by atoms with Crippen molar-refractivity contribution in [2.75, 3.05) is 12.4 Å². The minimum Gasteiger partial charge on any atom is -0.497 e. The molecule has 0 aliphatic carbocycles. The number of aromatic nitrogens is 1. The van der Waals surface area contributed by atoms with E-state index in [1.54, 1.807) is 43.5 Å². The number of anilines is 1. The van der Waals surface area contributed by atoms with Gasteiger partial charge < -0.3 is 15.0 Å². The molecule has 3 rings (SSSR count). The number of H-pyrrole nitrogens is 1. The lowest BCUT2D eigenvalue weighted by Gasteiger charge is -2.09. The number of aromatic amines is 1. The first kappa shape index (κ1) is 15.3. The summed E-state index contributed by atoms with van der Waals surface area (Å²) >= 11 is 3.35. The van der Waals surface area contributed by atoms with Crippen LogP contribution in [0.3, 0.4) is 0 Å². The lowest BCUT2D eigenvalue weighted by molar-refractivity contribution is 0.102. The van der Waals surface area contributed by atoms with Crippen molar-refractivity contribution in [3.8, 4) is 5.75 Å². The smallest absolute Gasteiger partial charge is 0.256 e. The number of amides is 1. The average Bonchev–Trinajstić information content (AvgIpc) is 2.54. The summed E-state index contributed by atoms with van der Waals surface area (Å²) in [6.07, 6.45) is 0. The summed E-state index contributed by atoms with van der Waals surface area (Å²) in [6, 6.07) is 13.7. The maximum atomic E-state index is 12.5. The van der Waals surface area contributed by atoms with E-state index in [0.717, 1.165) is 4.47 Å². The van der Waals surface area contributed by atoms with E-state index < -0.39 is 0 Å². The molecule has 0 aliphatic rings. The summed E-state index contributed by atoms with van der Waals surface area (Å²) in [5.74, 6) is 0.364. The van der Waals surface area contributed by atoms with Crippen molar-refractivity contribution < 1.29 is 9.53 Å². The highest BCUT2D eigenvalue weighted by atomic mass is 79.9. The average molecular weight is 373 g/mol. The zero-order valence-corrected chi connectivity index (χ0v) is 13.8. The first-order valence-corrected chi connectivity index (χ1v) is 7.64. The lowest BCUT2D eigenvalue weighted by Crippen LogP contribution is -2.16. The molecule has 3 aromatic rings. The molecular formula is C17H13BrN2O3. The van der Waals surface area contributed by atoms with Gasteiger partial charge in [0.2, 0.25) is 5.56 Å². The van der Waals surface area contributed by atoms with E-state index in [-0.39, 0.29) is 11.5 Å². The second-order valence-corrected chi connectivity index (χ2v) is 5.84. The van der Waals surface area contributed by atoms with Gasteiger partial charge in [0.1, 0.15) is 5.75 Å². The predicted octanol–water partition coefficient (Wildman–Crippen LogP) is 3.55. The number of nitrogens with one attached hydrogen (secondary N) is 2. The minimum atomic E-state index is -0.339. The van der Waals surface area contributed by atoms with Crippen molar-refractivity contribution in [2.24, 2.45) is 0 Å². The number of ether oxygens (including phenoxy) is 1. The third kappa shape index (κ3) is 3.27. The van der Waals surface area contributed by atoms with Crippen molar-refractivity contribution in [1.82, 2.24) is 4.98 Å². The van der Waals surface area contributed by atoms with E-state index in [4.69, 9.17) is 4.74 Å². The fourth-order valence-corrected chi connectivity index (χ4v) is 2.65. The van der Waals surface area contributed by atoms with Crippen LogP contribution in [0.5, 0.6) is 5.75 Å². The van der Waals surface area contributed by atoms with Gasteiger partial charge in [-0.3, -0.25) is 9.59 Å². The summed E-state index contributed by atoms with van der Waals surface area (Å²) in [5, 5.41) is 3.46. The van der Waals surface area contributed by atoms with Crippen LogP contribution in [-0.2, 0) is 0 Å². The molecule has 0 radical (unpaired) electrons. The molecule has 0 atom stereocenters. The molecule has 116 valence electrons. The van der Waals surface area contributed by atoms with Crippen LogP contribution in [0.4, 0.5) is 5.69 Å². The van der Waals surface area contributed by atoms with Crippen molar-refractivity contribution >= 4 is 38.4 Å². The molecule has 2 N–H and O–H groups in total. The summed E-state index contributed by atoms with van der Waals surface area (Å²) in [4.78, 5) is 27.0. The lowest BCUT2D eigenvalue weighted by atomic mass is 10.1. The molecule has 5 nitrogen and oxygen atoms in total. The molecule has 0 spiro atoms. The fraction of sp³-hybridized carbons (Fsp3) is 0.0588. The molecule has 1 amide bonds. The van der Waals surface area contributed by atoms with Crippen molar-refractivity contribution in [3.63, 3.8) is 0 Å². The highest BCUT2D eigenvalue weighted by Crippen LogP contribution is 2.21. The van der Waals surface area contributed by atoms with Crippen LogP contribution in [-0.4, -0.2) is 18.0 Å². The fourth-order valence-electron chi connectivity index (χ4n) is 2.29. The Morgan fingerprint density at radius 3 is 2.57 bits per heavy atom. The summed E-state index contributed by atoms with van der Waals surface area (Å²) in [5.41, 5.74) is 1.23. The number of methoxy groups -OCH3 is 1. The molecule has 23 heavy (non-hydrogen) atoms. The first-order chi connectivity index (χ1) is 11.1. The molecular weight excluding hydrogens is 360 g/mol. The van der Waals surface area contributed by atoms with E-state index in [1.807, 2.05) is 6.07 Å². The van der Waals surface area contributed by atoms with Gasteiger partial charge in [0.05, 0.1) is 18.2 Å². The van der Waals surface area contributed by atoms with E-state index >= 15 is 0 Å². The van der Waals surface area contributed by atoms with Crippen LogP contribution in [0.1, 0.15) is 10.4 Å². The molecule has 0 unspecified atom stereocenters. The maximum Gasteiger partial charge on any atom is 0.256 e. The summed E-state index contributed by atoms with van der Waals surface area (Å²) < 4.78 is 5.91. The molecule has 0 aliphatic heterocycles.